The molecule has 2 amide bonds. The number of hydrogen-bond acceptors (Lipinski definition) is 4. The summed E-state index contributed by atoms with van der Waals surface area (Å²) >= 11 is 0. The van der Waals surface area contributed by atoms with Gasteiger partial charge in [-0.05, 0) is 44.9 Å². The molecule has 2 N–H and O–H groups in total. The van der Waals surface area contributed by atoms with Crippen molar-refractivity contribution < 1.29 is 19.4 Å². The molecule has 1 aromatic carbocycles. The van der Waals surface area contributed by atoms with Crippen LogP contribution >= 0.6 is 0 Å². The number of nitrogens with zero attached hydrogens (tertiary/aromatic N) is 1. The average molecular weight is 306 g/mol. The van der Waals surface area contributed by atoms with E-state index >= 15 is 0 Å². The number of carbonyl (C=O) groups excluding carboxylic acids is 2. The number of amides is 2. The molecule has 0 radical (unpaired) electrons. The second kappa shape index (κ2) is 6.36. The van der Waals surface area contributed by atoms with Gasteiger partial charge in [-0.25, -0.2) is 4.79 Å². The van der Waals surface area contributed by atoms with Crippen LogP contribution in [-0.4, -0.2) is 47.3 Å². The molecule has 0 aromatic heterocycles. The van der Waals surface area contributed by atoms with Crippen LogP contribution in [0.15, 0.2) is 24.3 Å². The van der Waals surface area contributed by atoms with Gasteiger partial charge >= 0.3 is 6.09 Å². The Kier molecular flexibility index (Phi) is 4.71. The molecule has 1 aromatic rings. The van der Waals surface area contributed by atoms with Crippen LogP contribution in [0.25, 0.3) is 0 Å². The Morgan fingerprint density at radius 3 is 2.77 bits per heavy atom. The van der Waals surface area contributed by atoms with Crippen molar-refractivity contribution in [2.45, 2.75) is 38.3 Å². The van der Waals surface area contributed by atoms with Gasteiger partial charge in [-0.1, -0.05) is 6.07 Å². The molecule has 6 nitrogen and oxygen atoms in total. The van der Waals surface area contributed by atoms with Gasteiger partial charge in [0.1, 0.15) is 0 Å². The van der Waals surface area contributed by atoms with Gasteiger partial charge in [0.25, 0.3) is 5.91 Å². The molecule has 2 rings (SSSR count). The van der Waals surface area contributed by atoms with E-state index in [0.717, 1.165) is 12.8 Å². The lowest BCUT2D eigenvalue weighted by Gasteiger charge is -2.33. The minimum absolute atomic E-state index is 0.141. The Bertz CT molecular complexity index is 566. The maximum atomic E-state index is 12.7. The molecule has 22 heavy (non-hydrogen) atoms. The summed E-state index contributed by atoms with van der Waals surface area (Å²) in [5, 5.41) is 12.8. The van der Waals surface area contributed by atoms with Crippen LogP contribution in [-0.2, 0) is 4.74 Å². The van der Waals surface area contributed by atoms with Gasteiger partial charge in [0.2, 0.25) is 0 Å². The number of anilines is 1. The van der Waals surface area contributed by atoms with E-state index in [4.69, 9.17) is 0 Å². The zero-order valence-electron chi connectivity index (χ0n) is 13.1. The van der Waals surface area contributed by atoms with Crippen LogP contribution in [0.5, 0.6) is 0 Å². The minimum Gasteiger partial charge on any atom is -0.453 e. The van der Waals surface area contributed by atoms with Crippen LogP contribution in [0.4, 0.5) is 10.5 Å². The largest absolute Gasteiger partial charge is 0.453 e. The number of carbonyl (C=O) groups is 2. The van der Waals surface area contributed by atoms with Crippen LogP contribution in [0.3, 0.4) is 0 Å². The molecule has 0 aliphatic carbocycles. The first-order valence-corrected chi connectivity index (χ1v) is 7.31. The molecular weight excluding hydrogens is 284 g/mol. The lowest BCUT2D eigenvalue weighted by molar-refractivity contribution is 0.000339. The number of benzene rings is 1. The number of aliphatic hydroxyl groups is 1. The third-order valence-electron chi connectivity index (χ3n) is 3.87. The Morgan fingerprint density at radius 1 is 1.41 bits per heavy atom. The van der Waals surface area contributed by atoms with Crippen LogP contribution in [0.2, 0.25) is 0 Å². The van der Waals surface area contributed by atoms with Gasteiger partial charge in [0.15, 0.2) is 0 Å². The van der Waals surface area contributed by atoms with Crippen molar-refractivity contribution >= 4 is 17.7 Å². The van der Waals surface area contributed by atoms with E-state index in [1.807, 2.05) is 0 Å². The second-order valence-electron chi connectivity index (χ2n) is 6.01. The predicted molar refractivity (Wildman–Crippen MR) is 82.8 cm³/mol. The minimum atomic E-state index is -0.936. The van der Waals surface area contributed by atoms with Crippen molar-refractivity contribution in [1.82, 2.24) is 4.90 Å². The van der Waals surface area contributed by atoms with Gasteiger partial charge in [0, 0.05) is 17.8 Å². The van der Waals surface area contributed by atoms with Gasteiger partial charge in [-0.2, -0.15) is 0 Å². The molecular formula is C16H22N2O4. The van der Waals surface area contributed by atoms with E-state index in [2.05, 4.69) is 10.1 Å². The Hall–Kier alpha value is -2.08. The summed E-state index contributed by atoms with van der Waals surface area (Å²) in [7, 11) is 1.28. The summed E-state index contributed by atoms with van der Waals surface area (Å²) < 4.78 is 4.54. The van der Waals surface area contributed by atoms with E-state index in [-0.39, 0.29) is 11.9 Å². The first-order valence-electron chi connectivity index (χ1n) is 7.31. The van der Waals surface area contributed by atoms with E-state index in [0.29, 0.717) is 17.8 Å². The van der Waals surface area contributed by atoms with Crippen molar-refractivity contribution in [2.75, 3.05) is 19.0 Å². The highest BCUT2D eigenvalue weighted by Gasteiger charge is 2.38. The maximum absolute atomic E-state index is 12.7. The van der Waals surface area contributed by atoms with Gasteiger partial charge in [-0.3, -0.25) is 10.1 Å². The Morgan fingerprint density at radius 2 is 2.14 bits per heavy atom. The zero-order valence-corrected chi connectivity index (χ0v) is 13.1. The molecule has 1 aliphatic rings. The first-order chi connectivity index (χ1) is 10.3. The molecule has 1 fully saturated rings. The monoisotopic (exact) mass is 306 g/mol. The third-order valence-corrected chi connectivity index (χ3v) is 3.87. The van der Waals surface area contributed by atoms with Crippen molar-refractivity contribution in [1.29, 1.82) is 0 Å². The molecule has 1 heterocycles. The average Bonchev–Trinajstić information content (AvgIpc) is 2.96. The fraction of sp³-hybridized carbons (Fsp3) is 0.500. The van der Waals surface area contributed by atoms with E-state index < -0.39 is 11.7 Å². The summed E-state index contributed by atoms with van der Waals surface area (Å²) in [6.07, 6.45) is 1.08. The number of rotatable bonds is 3. The summed E-state index contributed by atoms with van der Waals surface area (Å²) in [6, 6.07) is 6.50. The van der Waals surface area contributed by atoms with E-state index in [9.17, 15) is 14.7 Å². The lowest BCUT2D eigenvalue weighted by atomic mass is 9.96. The fourth-order valence-corrected chi connectivity index (χ4v) is 2.81. The zero-order chi connectivity index (χ0) is 16.3. The molecule has 1 aliphatic heterocycles. The molecule has 1 saturated heterocycles. The summed E-state index contributed by atoms with van der Waals surface area (Å²) in [5.41, 5.74) is 0.0374. The van der Waals surface area contributed by atoms with Crippen molar-refractivity contribution in [3.63, 3.8) is 0 Å². The van der Waals surface area contributed by atoms with Crippen molar-refractivity contribution in [3.05, 3.63) is 29.8 Å². The molecule has 0 saturated carbocycles. The van der Waals surface area contributed by atoms with Crippen LogP contribution in [0, 0.1) is 0 Å². The van der Waals surface area contributed by atoms with E-state index in [1.165, 1.54) is 7.11 Å². The third kappa shape index (κ3) is 3.57. The number of methoxy groups -OCH3 is 1. The molecule has 120 valence electrons. The predicted octanol–water partition coefficient (Wildman–Crippen LogP) is 2.24. The topological polar surface area (TPSA) is 78.9 Å². The smallest absolute Gasteiger partial charge is 0.411 e. The molecule has 0 bridgehead atoms. The van der Waals surface area contributed by atoms with Gasteiger partial charge in [-0.15, -0.1) is 0 Å². The highest BCUT2D eigenvalue weighted by atomic mass is 16.5. The molecule has 1 atom stereocenters. The maximum Gasteiger partial charge on any atom is 0.411 e. The Labute approximate surface area is 130 Å². The number of hydrogen-bond donors (Lipinski definition) is 2. The number of ether oxygens (including phenoxy) is 1. The van der Waals surface area contributed by atoms with Gasteiger partial charge < -0.3 is 14.7 Å². The summed E-state index contributed by atoms with van der Waals surface area (Å²) in [4.78, 5) is 25.6. The second-order valence-corrected chi connectivity index (χ2v) is 6.01. The van der Waals surface area contributed by atoms with Crippen LogP contribution in [0.1, 0.15) is 37.0 Å². The quantitative estimate of drug-likeness (QED) is 0.897. The first kappa shape index (κ1) is 16.3. The van der Waals surface area contributed by atoms with E-state index in [1.54, 1.807) is 43.0 Å². The normalized spacial score (nSPS) is 18.2. The van der Waals surface area contributed by atoms with Crippen LogP contribution < -0.4 is 5.32 Å². The standard InChI is InChI=1S/C16H22N2O4/c1-16(2,21)13-8-5-9-18(13)14(19)11-6-4-7-12(10-11)17-15(20)22-3/h4,6-7,10,13,21H,5,8-9H2,1-3H3,(H,17,20)/t13-/m0/s1. The molecule has 0 spiro atoms. The highest BCUT2D eigenvalue weighted by Crippen LogP contribution is 2.28. The highest BCUT2D eigenvalue weighted by molar-refractivity contribution is 5.96. The summed E-state index contributed by atoms with van der Waals surface area (Å²) in [5.74, 6) is -0.141. The SMILES string of the molecule is COC(=O)Nc1cccc(C(=O)N2CCC[C@H]2C(C)(C)O)c1. The molecule has 0 unspecified atom stereocenters. The van der Waals surface area contributed by atoms with Gasteiger partial charge in [0.05, 0.1) is 18.8 Å². The van der Waals surface area contributed by atoms with Crippen molar-refractivity contribution in [3.8, 4) is 0 Å². The summed E-state index contributed by atoms with van der Waals surface area (Å²) in [6.45, 7) is 4.07. The number of likely N-dealkylation sites (tertiary alicyclic amines) is 1. The fourth-order valence-electron chi connectivity index (χ4n) is 2.81. The lowest BCUT2D eigenvalue weighted by Crippen LogP contribution is -2.48. The number of nitrogens with one attached hydrogen (secondary N) is 1. The van der Waals surface area contributed by atoms with Crippen molar-refractivity contribution in [2.24, 2.45) is 0 Å². The molecule has 6 heteroatoms. The Balaban J connectivity index is 2.19.